The van der Waals surface area contributed by atoms with Crippen LogP contribution in [0.15, 0.2) is 65.8 Å². The van der Waals surface area contributed by atoms with Gasteiger partial charge in [-0.3, -0.25) is 9.59 Å². The Morgan fingerprint density at radius 1 is 1.30 bits per heavy atom. The first-order valence-corrected chi connectivity index (χ1v) is 12.0. The monoisotopic (exact) mass is 468 g/mol. The minimum atomic E-state index is -0.730. The fourth-order valence-electron chi connectivity index (χ4n) is 4.33. The van der Waals surface area contributed by atoms with Crippen molar-refractivity contribution in [2.75, 3.05) is 46.0 Å². The lowest BCUT2D eigenvalue weighted by Gasteiger charge is -2.29. The van der Waals surface area contributed by atoms with E-state index in [1.54, 1.807) is 40.6 Å². The Bertz CT molecular complexity index is 1030. The average molecular weight is 469 g/mol. The zero-order valence-corrected chi connectivity index (χ0v) is 19.3. The molecule has 174 valence electrons. The second kappa shape index (κ2) is 10.8. The molecule has 1 aromatic heterocycles. The number of hydrogen-bond donors (Lipinski definition) is 1. The summed E-state index contributed by atoms with van der Waals surface area (Å²) in [5, 5.41) is 14.8. The zero-order chi connectivity index (χ0) is 23.2. The first kappa shape index (κ1) is 23.2. The van der Waals surface area contributed by atoms with Crippen LogP contribution in [0.3, 0.4) is 0 Å². The molecule has 3 heterocycles. The van der Waals surface area contributed by atoms with Crippen LogP contribution >= 0.6 is 11.3 Å². The van der Waals surface area contributed by atoms with Crippen LogP contribution in [0.1, 0.15) is 27.7 Å². The van der Waals surface area contributed by atoms with Gasteiger partial charge in [0.15, 0.2) is 0 Å². The van der Waals surface area contributed by atoms with Crippen LogP contribution in [-0.4, -0.2) is 62.6 Å². The van der Waals surface area contributed by atoms with Gasteiger partial charge in [0.1, 0.15) is 25.4 Å². The molecule has 1 unspecified atom stereocenters. The molecule has 1 aromatic carbocycles. The van der Waals surface area contributed by atoms with Gasteiger partial charge in [-0.1, -0.05) is 30.9 Å². The Morgan fingerprint density at radius 2 is 2.12 bits per heavy atom. The number of morpholine rings is 1. The number of carbonyl (C=O) groups excluding carboxylic acids is 2. The summed E-state index contributed by atoms with van der Waals surface area (Å²) in [6, 6.07) is 9.96. The maximum Gasteiger partial charge on any atom is 0.239 e. The highest BCUT2D eigenvalue weighted by Crippen LogP contribution is 2.39. The van der Waals surface area contributed by atoms with Gasteiger partial charge in [0, 0.05) is 18.5 Å². The summed E-state index contributed by atoms with van der Waals surface area (Å²) in [5.41, 5.74) is 0.705. The minimum absolute atomic E-state index is 0.0158. The molecule has 0 aliphatic carbocycles. The number of ether oxygens (including phenoxy) is 2. The molecule has 0 bridgehead atoms. The average Bonchev–Trinajstić information content (AvgIpc) is 3.46. The fraction of sp³-hybridized carbons (Fsp3) is 0.360. The Labute approximate surface area is 197 Å². The molecule has 0 saturated carbocycles. The Kier molecular flexibility index (Phi) is 7.59. The van der Waals surface area contributed by atoms with E-state index in [-0.39, 0.29) is 11.4 Å². The van der Waals surface area contributed by atoms with E-state index in [1.807, 2.05) is 12.1 Å². The van der Waals surface area contributed by atoms with E-state index in [4.69, 9.17) is 9.47 Å². The van der Waals surface area contributed by atoms with Crippen molar-refractivity contribution < 1.29 is 29.1 Å². The lowest BCUT2D eigenvalue weighted by atomic mass is 9.95. The van der Waals surface area contributed by atoms with E-state index in [0.29, 0.717) is 29.3 Å². The number of quaternary nitrogens is 1. The van der Waals surface area contributed by atoms with E-state index in [0.717, 1.165) is 39.3 Å². The number of rotatable bonds is 10. The van der Waals surface area contributed by atoms with Crippen LogP contribution in [0.4, 0.5) is 0 Å². The summed E-state index contributed by atoms with van der Waals surface area (Å²) in [4.78, 5) is 29.8. The number of Topliss-reactive ketones (excluding diaryl/α,β-unsaturated/α-hetero) is 1. The highest BCUT2D eigenvalue weighted by molar-refractivity contribution is 7.12. The number of carbonyl (C=O) groups is 2. The number of hydrogen-bond acceptors (Lipinski definition) is 6. The predicted molar refractivity (Wildman–Crippen MR) is 123 cm³/mol. The molecular weight excluding hydrogens is 440 g/mol. The first-order valence-electron chi connectivity index (χ1n) is 11.2. The summed E-state index contributed by atoms with van der Waals surface area (Å²) < 4.78 is 11.1. The molecule has 2 aliphatic rings. The lowest BCUT2D eigenvalue weighted by molar-refractivity contribution is -0.908. The Hall–Kier alpha value is -2.94. The van der Waals surface area contributed by atoms with Crippen LogP contribution in [0.25, 0.3) is 0 Å². The van der Waals surface area contributed by atoms with Gasteiger partial charge in [-0.05, 0) is 34.9 Å². The molecular formula is C25H28N2O5S. The molecule has 0 radical (unpaired) electrons. The van der Waals surface area contributed by atoms with E-state index in [9.17, 15) is 14.7 Å². The normalized spacial score (nSPS) is 19.2. The third-order valence-electron chi connectivity index (χ3n) is 5.95. The lowest BCUT2D eigenvalue weighted by Crippen LogP contribution is -3.14. The van der Waals surface area contributed by atoms with Crippen LogP contribution in [-0.2, 0) is 9.53 Å². The Balaban J connectivity index is 1.61. The van der Waals surface area contributed by atoms with Crippen molar-refractivity contribution in [1.29, 1.82) is 0 Å². The van der Waals surface area contributed by atoms with Crippen LogP contribution in [0, 0.1) is 0 Å². The van der Waals surface area contributed by atoms with Crippen LogP contribution < -0.4 is 14.7 Å². The SMILES string of the molecule is C=CCOc1cccc(C2C(C(=O)c3cccs3)=C([O-])C(=O)N2CCC[NH+]2CCOCC2)c1. The van der Waals surface area contributed by atoms with Crippen molar-refractivity contribution in [3.63, 3.8) is 0 Å². The van der Waals surface area contributed by atoms with Gasteiger partial charge in [0.2, 0.25) is 11.7 Å². The van der Waals surface area contributed by atoms with Crippen molar-refractivity contribution in [1.82, 2.24) is 4.90 Å². The largest absolute Gasteiger partial charge is 0.868 e. The molecule has 1 saturated heterocycles. The van der Waals surface area contributed by atoms with Crippen molar-refractivity contribution in [2.24, 2.45) is 0 Å². The number of amides is 1. The summed E-state index contributed by atoms with van der Waals surface area (Å²) in [6.45, 7) is 8.64. The molecule has 2 aromatic rings. The maximum atomic E-state index is 13.3. The second-order valence-electron chi connectivity index (χ2n) is 8.09. The molecule has 1 atom stereocenters. The minimum Gasteiger partial charge on any atom is -0.868 e. The molecule has 8 heteroatoms. The highest BCUT2D eigenvalue weighted by atomic mass is 32.1. The molecule has 1 fully saturated rings. The van der Waals surface area contributed by atoms with Gasteiger partial charge >= 0.3 is 0 Å². The standard InChI is InChI=1S/C25H28N2O5S/c1-2-13-32-19-7-3-6-18(17-19)22-21(23(28)20-8-4-16-33-20)24(29)25(30)27(22)10-5-9-26-11-14-31-15-12-26/h2-4,6-8,16-17,22,29H,1,5,9-15H2. The topological polar surface area (TPSA) is 83.3 Å². The fourth-order valence-corrected chi connectivity index (χ4v) is 5.00. The third kappa shape index (κ3) is 5.19. The van der Waals surface area contributed by atoms with E-state index < -0.39 is 17.7 Å². The van der Waals surface area contributed by atoms with Crippen LogP contribution in [0.5, 0.6) is 5.75 Å². The van der Waals surface area contributed by atoms with Gasteiger partial charge < -0.3 is 24.4 Å². The first-order chi connectivity index (χ1) is 16.1. The molecule has 4 rings (SSSR count). The quantitative estimate of drug-likeness (QED) is 0.416. The smallest absolute Gasteiger partial charge is 0.239 e. The van der Waals surface area contributed by atoms with Gasteiger partial charge in [0.25, 0.3) is 0 Å². The van der Waals surface area contributed by atoms with Gasteiger partial charge in [0.05, 0.1) is 30.7 Å². The second-order valence-corrected chi connectivity index (χ2v) is 9.04. The van der Waals surface area contributed by atoms with Gasteiger partial charge in [-0.15, -0.1) is 11.3 Å². The van der Waals surface area contributed by atoms with E-state index >= 15 is 0 Å². The van der Waals surface area contributed by atoms with E-state index in [1.165, 1.54) is 16.2 Å². The van der Waals surface area contributed by atoms with E-state index in [2.05, 4.69) is 6.58 Å². The highest BCUT2D eigenvalue weighted by Gasteiger charge is 2.39. The van der Waals surface area contributed by atoms with Gasteiger partial charge in [-0.2, -0.15) is 0 Å². The van der Waals surface area contributed by atoms with Crippen LogP contribution in [0.2, 0.25) is 0 Å². The van der Waals surface area contributed by atoms with Gasteiger partial charge in [-0.25, -0.2) is 0 Å². The summed E-state index contributed by atoms with van der Waals surface area (Å²) in [5.74, 6) is -1.12. The zero-order valence-electron chi connectivity index (χ0n) is 18.5. The van der Waals surface area contributed by atoms with Crippen molar-refractivity contribution in [2.45, 2.75) is 12.5 Å². The number of benzene rings is 1. The molecule has 7 nitrogen and oxygen atoms in total. The summed E-state index contributed by atoms with van der Waals surface area (Å²) >= 11 is 1.27. The number of nitrogens with one attached hydrogen (secondary N) is 1. The number of thiophene rings is 1. The maximum absolute atomic E-state index is 13.3. The molecule has 33 heavy (non-hydrogen) atoms. The van der Waals surface area contributed by atoms with Crippen molar-refractivity contribution in [3.8, 4) is 5.75 Å². The molecule has 1 amide bonds. The van der Waals surface area contributed by atoms with Crippen molar-refractivity contribution in [3.05, 3.63) is 76.2 Å². The number of nitrogens with zero attached hydrogens (tertiary/aromatic N) is 1. The molecule has 1 N–H and O–H groups in total. The molecule has 0 spiro atoms. The molecule has 2 aliphatic heterocycles. The third-order valence-corrected chi connectivity index (χ3v) is 6.81. The summed E-state index contributed by atoms with van der Waals surface area (Å²) in [7, 11) is 0. The van der Waals surface area contributed by atoms with Crippen molar-refractivity contribution >= 4 is 23.0 Å². The Morgan fingerprint density at radius 3 is 2.85 bits per heavy atom. The number of ketones is 1. The summed E-state index contributed by atoms with van der Waals surface area (Å²) in [6.07, 6.45) is 2.38. The predicted octanol–water partition coefficient (Wildman–Crippen LogP) is 0.999.